The van der Waals surface area contributed by atoms with Gasteiger partial charge in [-0.05, 0) is 25.1 Å². The number of carboxylic acid groups (broad SMARTS) is 1. The fourth-order valence-corrected chi connectivity index (χ4v) is 3.16. The zero-order valence-corrected chi connectivity index (χ0v) is 14.3. The summed E-state index contributed by atoms with van der Waals surface area (Å²) < 4.78 is 1.63. The van der Waals surface area contributed by atoms with E-state index >= 15 is 0 Å². The number of hydrogen-bond donors (Lipinski definition) is 1. The average molecular weight is 368 g/mol. The van der Waals surface area contributed by atoms with Crippen molar-refractivity contribution in [1.82, 2.24) is 14.8 Å². The van der Waals surface area contributed by atoms with Crippen LogP contribution in [0.15, 0.2) is 29.6 Å². The van der Waals surface area contributed by atoms with Gasteiger partial charge in [-0.3, -0.25) is 4.68 Å². The number of carboxylic acids is 1. The first-order valence-electron chi connectivity index (χ1n) is 6.61. The number of aryl methyl sites for hydroxylation is 1. The molecule has 8 heteroatoms. The molecule has 0 saturated heterocycles. The van der Waals surface area contributed by atoms with Gasteiger partial charge in [-0.15, -0.1) is 11.3 Å². The molecule has 5 nitrogen and oxygen atoms in total. The molecule has 0 saturated carbocycles. The van der Waals surface area contributed by atoms with Gasteiger partial charge < -0.3 is 5.11 Å². The van der Waals surface area contributed by atoms with Crippen molar-refractivity contribution in [3.05, 3.63) is 56.1 Å². The topological polar surface area (TPSA) is 68.0 Å². The zero-order valence-electron chi connectivity index (χ0n) is 12.0. The largest absolute Gasteiger partial charge is 0.476 e. The SMILES string of the molecule is Cc1cc(C(=O)O)nn1Cc1nc(-c2ccc(Cl)c(Cl)c2)cs1. The van der Waals surface area contributed by atoms with E-state index in [0.717, 1.165) is 22.0 Å². The summed E-state index contributed by atoms with van der Waals surface area (Å²) in [5, 5.41) is 16.8. The molecule has 2 aromatic heterocycles. The van der Waals surface area contributed by atoms with Crippen LogP contribution in [-0.2, 0) is 6.54 Å². The summed E-state index contributed by atoms with van der Waals surface area (Å²) in [5.41, 5.74) is 2.48. The molecule has 118 valence electrons. The highest BCUT2D eigenvalue weighted by Gasteiger charge is 2.13. The third-order valence-electron chi connectivity index (χ3n) is 3.25. The molecule has 0 spiro atoms. The van der Waals surface area contributed by atoms with Crippen LogP contribution < -0.4 is 0 Å². The predicted octanol–water partition coefficient (Wildman–Crippen LogP) is 4.37. The molecular formula is C15H11Cl2N3O2S. The van der Waals surface area contributed by atoms with Gasteiger partial charge in [-0.2, -0.15) is 5.10 Å². The molecule has 2 heterocycles. The van der Waals surface area contributed by atoms with E-state index in [1.165, 1.54) is 17.4 Å². The van der Waals surface area contributed by atoms with Gasteiger partial charge in [0.2, 0.25) is 0 Å². The summed E-state index contributed by atoms with van der Waals surface area (Å²) in [6.07, 6.45) is 0. The Morgan fingerprint density at radius 2 is 2.09 bits per heavy atom. The lowest BCUT2D eigenvalue weighted by Gasteiger charge is -2.01. The van der Waals surface area contributed by atoms with Crippen LogP contribution in [0.4, 0.5) is 0 Å². The van der Waals surface area contributed by atoms with Crippen molar-refractivity contribution in [2.45, 2.75) is 13.5 Å². The van der Waals surface area contributed by atoms with E-state index < -0.39 is 5.97 Å². The lowest BCUT2D eigenvalue weighted by atomic mass is 10.2. The maximum Gasteiger partial charge on any atom is 0.356 e. The van der Waals surface area contributed by atoms with Crippen molar-refractivity contribution in [2.24, 2.45) is 0 Å². The van der Waals surface area contributed by atoms with E-state index in [9.17, 15) is 4.79 Å². The van der Waals surface area contributed by atoms with E-state index in [-0.39, 0.29) is 5.69 Å². The normalized spacial score (nSPS) is 10.9. The Kier molecular flexibility index (Phi) is 4.39. The first kappa shape index (κ1) is 16.0. The number of thiazole rings is 1. The molecule has 0 bridgehead atoms. The van der Waals surface area contributed by atoms with Crippen LogP contribution in [-0.4, -0.2) is 25.8 Å². The van der Waals surface area contributed by atoms with Crippen molar-refractivity contribution in [1.29, 1.82) is 0 Å². The number of aromatic nitrogens is 3. The summed E-state index contributed by atoms with van der Waals surface area (Å²) in [4.78, 5) is 15.5. The molecule has 0 fully saturated rings. The Labute approximate surface area is 146 Å². The smallest absolute Gasteiger partial charge is 0.356 e. The Morgan fingerprint density at radius 1 is 1.30 bits per heavy atom. The fraction of sp³-hybridized carbons (Fsp3) is 0.133. The van der Waals surface area contributed by atoms with Gasteiger partial charge in [0, 0.05) is 16.6 Å². The van der Waals surface area contributed by atoms with Crippen molar-refractivity contribution in [3.8, 4) is 11.3 Å². The minimum Gasteiger partial charge on any atom is -0.476 e. The van der Waals surface area contributed by atoms with E-state index in [2.05, 4.69) is 10.1 Å². The molecule has 1 aromatic carbocycles. The van der Waals surface area contributed by atoms with Crippen molar-refractivity contribution in [3.63, 3.8) is 0 Å². The Hall–Kier alpha value is -1.89. The van der Waals surface area contributed by atoms with Crippen LogP contribution in [0, 0.1) is 6.92 Å². The van der Waals surface area contributed by atoms with Gasteiger partial charge in [-0.25, -0.2) is 9.78 Å². The molecule has 0 aliphatic heterocycles. The van der Waals surface area contributed by atoms with Crippen LogP contribution in [0.25, 0.3) is 11.3 Å². The van der Waals surface area contributed by atoms with E-state index in [0.29, 0.717) is 16.6 Å². The minimum absolute atomic E-state index is 0.0313. The average Bonchev–Trinajstić information content (AvgIpc) is 3.10. The summed E-state index contributed by atoms with van der Waals surface area (Å²) in [6.45, 7) is 2.23. The lowest BCUT2D eigenvalue weighted by molar-refractivity contribution is 0.0689. The molecule has 0 radical (unpaired) electrons. The van der Waals surface area contributed by atoms with Gasteiger partial charge in [0.15, 0.2) is 5.69 Å². The highest BCUT2D eigenvalue weighted by Crippen LogP contribution is 2.29. The van der Waals surface area contributed by atoms with Crippen molar-refractivity contribution < 1.29 is 9.90 Å². The molecule has 3 rings (SSSR count). The van der Waals surface area contributed by atoms with Gasteiger partial charge >= 0.3 is 5.97 Å². The summed E-state index contributed by atoms with van der Waals surface area (Å²) in [7, 11) is 0. The first-order chi connectivity index (χ1) is 10.9. The lowest BCUT2D eigenvalue weighted by Crippen LogP contribution is -2.05. The van der Waals surface area contributed by atoms with Crippen molar-refractivity contribution >= 4 is 40.5 Å². The number of carbonyl (C=O) groups is 1. The summed E-state index contributed by atoms with van der Waals surface area (Å²) in [6, 6.07) is 6.89. The van der Waals surface area contributed by atoms with Crippen LogP contribution in [0.3, 0.4) is 0 Å². The third kappa shape index (κ3) is 3.39. The molecule has 0 amide bonds. The van der Waals surface area contributed by atoms with Gasteiger partial charge in [0.1, 0.15) is 5.01 Å². The van der Waals surface area contributed by atoms with Crippen LogP contribution >= 0.6 is 34.5 Å². The molecular weight excluding hydrogens is 357 g/mol. The summed E-state index contributed by atoms with van der Waals surface area (Å²) >= 11 is 13.4. The minimum atomic E-state index is -1.04. The molecule has 0 atom stereocenters. The molecule has 3 aromatic rings. The van der Waals surface area contributed by atoms with Gasteiger partial charge in [0.25, 0.3) is 0 Å². The quantitative estimate of drug-likeness (QED) is 0.743. The standard InChI is InChI=1S/C15H11Cl2N3O2S/c1-8-4-12(15(21)22)19-20(8)6-14-18-13(7-23-14)9-2-3-10(16)11(17)5-9/h2-5,7H,6H2,1H3,(H,21,22). The number of benzene rings is 1. The van der Waals surface area contributed by atoms with Gasteiger partial charge in [0.05, 0.1) is 22.3 Å². The second-order valence-corrected chi connectivity index (χ2v) is 6.65. The molecule has 1 N–H and O–H groups in total. The monoisotopic (exact) mass is 367 g/mol. The highest BCUT2D eigenvalue weighted by molar-refractivity contribution is 7.09. The molecule has 0 unspecified atom stereocenters. The van der Waals surface area contributed by atoms with E-state index in [1.54, 1.807) is 16.8 Å². The number of hydrogen-bond acceptors (Lipinski definition) is 4. The maximum atomic E-state index is 11.0. The van der Waals surface area contributed by atoms with Crippen LogP contribution in [0.2, 0.25) is 10.0 Å². The Morgan fingerprint density at radius 3 is 2.74 bits per heavy atom. The van der Waals surface area contributed by atoms with Gasteiger partial charge in [-0.1, -0.05) is 29.3 Å². The Balaban J connectivity index is 1.84. The molecule has 0 aliphatic rings. The van der Waals surface area contributed by atoms with E-state index in [1.807, 2.05) is 18.4 Å². The zero-order chi connectivity index (χ0) is 16.6. The second kappa shape index (κ2) is 6.31. The molecule has 23 heavy (non-hydrogen) atoms. The summed E-state index contributed by atoms with van der Waals surface area (Å²) in [5.74, 6) is -1.04. The maximum absolute atomic E-state index is 11.0. The first-order valence-corrected chi connectivity index (χ1v) is 8.25. The number of halogens is 2. The second-order valence-electron chi connectivity index (χ2n) is 4.89. The predicted molar refractivity (Wildman–Crippen MR) is 90.6 cm³/mol. The highest BCUT2D eigenvalue weighted by atomic mass is 35.5. The Bertz CT molecular complexity index is 889. The van der Waals surface area contributed by atoms with Crippen LogP contribution in [0.1, 0.15) is 21.2 Å². The molecule has 0 aliphatic carbocycles. The van der Waals surface area contributed by atoms with E-state index in [4.69, 9.17) is 28.3 Å². The third-order valence-corrected chi connectivity index (χ3v) is 4.83. The fourth-order valence-electron chi connectivity index (χ4n) is 2.07. The van der Waals surface area contributed by atoms with Crippen LogP contribution in [0.5, 0.6) is 0 Å². The number of rotatable bonds is 4. The van der Waals surface area contributed by atoms with Crippen molar-refractivity contribution in [2.75, 3.05) is 0 Å². The number of aromatic carboxylic acids is 1. The number of nitrogens with zero attached hydrogens (tertiary/aromatic N) is 3.